The van der Waals surface area contributed by atoms with Crippen LogP contribution in [0.3, 0.4) is 0 Å². The maximum Gasteiger partial charge on any atom is 0.204 e. The normalized spacial score (nSPS) is 10.5. The van der Waals surface area contributed by atoms with E-state index in [1.807, 2.05) is 6.92 Å². The molecule has 0 amide bonds. The molecule has 0 aliphatic heterocycles. The topological polar surface area (TPSA) is 9.23 Å². The molecule has 0 heterocycles. The Balaban J connectivity index is 2.94. The second-order valence-corrected chi connectivity index (χ2v) is 2.91. The van der Waals surface area contributed by atoms with Crippen LogP contribution < -0.4 is 4.74 Å². The van der Waals surface area contributed by atoms with E-state index in [0.717, 1.165) is 6.42 Å². The van der Waals surface area contributed by atoms with Gasteiger partial charge in [-0.05, 0) is 6.42 Å². The van der Waals surface area contributed by atoms with Crippen LogP contribution in [0, 0.1) is 29.3 Å². The van der Waals surface area contributed by atoms with E-state index in [2.05, 4.69) is 4.74 Å². The smallest absolute Gasteiger partial charge is 0.204 e. The lowest BCUT2D eigenvalue weighted by atomic mass is 10.3. The third-order valence-corrected chi connectivity index (χ3v) is 1.75. The van der Waals surface area contributed by atoms with Crippen molar-refractivity contribution in [3.05, 3.63) is 29.3 Å². The Labute approximate surface area is 84.7 Å². The van der Waals surface area contributed by atoms with Crippen molar-refractivity contribution in [1.82, 2.24) is 0 Å². The molecule has 0 atom stereocenters. The summed E-state index contributed by atoms with van der Waals surface area (Å²) in [5.74, 6) is -7.28. The van der Waals surface area contributed by atoms with E-state index in [4.69, 9.17) is 0 Å². The van der Waals surface area contributed by atoms with Crippen molar-refractivity contribution in [2.24, 2.45) is 0 Å². The number of halogens is 4. The first-order valence-corrected chi connectivity index (χ1v) is 4.46. The zero-order chi connectivity index (χ0) is 11.4. The third kappa shape index (κ3) is 2.61. The highest BCUT2D eigenvalue weighted by atomic mass is 19.2. The van der Waals surface area contributed by atoms with Crippen LogP contribution in [0.1, 0.15) is 19.8 Å². The number of unbranched alkanes of at least 4 members (excludes halogenated alkanes) is 1. The van der Waals surface area contributed by atoms with Crippen LogP contribution in [0.15, 0.2) is 0 Å². The predicted octanol–water partition coefficient (Wildman–Crippen LogP) is 3.22. The second kappa shape index (κ2) is 5.00. The van der Waals surface area contributed by atoms with Crippen LogP contribution in [0.25, 0.3) is 0 Å². The standard InChI is InChI=1S/C10H9F4O/c1-2-3-4-15-10-8(13)6(11)5-7(12)9(10)14/h2-4H2,1H3. The molecular weight excluding hydrogens is 212 g/mol. The molecule has 15 heavy (non-hydrogen) atoms. The zero-order valence-corrected chi connectivity index (χ0v) is 8.04. The molecule has 0 aromatic heterocycles. The average molecular weight is 221 g/mol. The zero-order valence-electron chi connectivity index (χ0n) is 8.04. The van der Waals surface area contributed by atoms with Gasteiger partial charge in [0.05, 0.1) is 12.7 Å². The Morgan fingerprint density at radius 2 is 1.60 bits per heavy atom. The summed E-state index contributed by atoms with van der Waals surface area (Å²) in [6.07, 6.45) is 1.29. The molecule has 83 valence electrons. The van der Waals surface area contributed by atoms with Crippen LogP contribution in [0.5, 0.6) is 5.75 Å². The molecule has 0 unspecified atom stereocenters. The maximum absolute atomic E-state index is 12.9. The SMILES string of the molecule is CCCCOc1c(F)c(F)[c]c(F)c1F. The minimum absolute atomic E-state index is 0.00718. The molecule has 0 fully saturated rings. The number of hydrogen-bond donors (Lipinski definition) is 0. The molecule has 0 saturated heterocycles. The first-order valence-electron chi connectivity index (χ1n) is 4.46. The van der Waals surface area contributed by atoms with Gasteiger partial charge in [0.25, 0.3) is 0 Å². The van der Waals surface area contributed by atoms with Crippen molar-refractivity contribution < 1.29 is 22.3 Å². The highest BCUT2D eigenvalue weighted by molar-refractivity contribution is 5.27. The fourth-order valence-electron chi connectivity index (χ4n) is 0.947. The van der Waals surface area contributed by atoms with Crippen LogP contribution in [0.4, 0.5) is 17.6 Å². The van der Waals surface area contributed by atoms with Gasteiger partial charge in [-0.15, -0.1) is 0 Å². The van der Waals surface area contributed by atoms with Gasteiger partial charge in [0.2, 0.25) is 11.6 Å². The van der Waals surface area contributed by atoms with Gasteiger partial charge in [-0.3, -0.25) is 0 Å². The van der Waals surface area contributed by atoms with Crippen LogP contribution in [0.2, 0.25) is 0 Å². The molecule has 0 aliphatic carbocycles. The molecular formula is C10H9F4O. The van der Waals surface area contributed by atoms with Crippen LogP contribution >= 0.6 is 0 Å². The molecule has 0 saturated carbocycles. The Hall–Kier alpha value is -1.26. The van der Waals surface area contributed by atoms with Crippen molar-refractivity contribution in [2.75, 3.05) is 6.61 Å². The molecule has 1 radical (unpaired) electrons. The van der Waals surface area contributed by atoms with Gasteiger partial charge in [0.15, 0.2) is 17.4 Å². The second-order valence-electron chi connectivity index (χ2n) is 2.91. The van der Waals surface area contributed by atoms with Gasteiger partial charge in [-0.1, -0.05) is 13.3 Å². The quantitative estimate of drug-likeness (QED) is 0.431. The highest BCUT2D eigenvalue weighted by Crippen LogP contribution is 2.26. The molecule has 0 aliphatic rings. The third-order valence-electron chi connectivity index (χ3n) is 1.75. The molecule has 1 aromatic carbocycles. The summed E-state index contributed by atoms with van der Waals surface area (Å²) in [6.45, 7) is 1.85. The summed E-state index contributed by atoms with van der Waals surface area (Å²) in [4.78, 5) is 0. The van der Waals surface area contributed by atoms with E-state index < -0.39 is 29.0 Å². The summed E-state index contributed by atoms with van der Waals surface area (Å²) < 4.78 is 55.7. The highest BCUT2D eigenvalue weighted by Gasteiger charge is 2.20. The first-order chi connectivity index (χ1) is 7.07. The first kappa shape index (κ1) is 11.8. The van der Waals surface area contributed by atoms with E-state index >= 15 is 0 Å². The Kier molecular flexibility index (Phi) is 3.94. The molecule has 5 heteroatoms. The van der Waals surface area contributed by atoms with Gasteiger partial charge in [-0.2, -0.15) is 8.78 Å². The van der Waals surface area contributed by atoms with Crippen molar-refractivity contribution in [2.45, 2.75) is 19.8 Å². The Morgan fingerprint density at radius 1 is 1.07 bits per heavy atom. The predicted molar refractivity (Wildman–Crippen MR) is 45.5 cm³/mol. The Morgan fingerprint density at radius 3 is 2.07 bits per heavy atom. The van der Waals surface area contributed by atoms with E-state index in [-0.39, 0.29) is 6.61 Å². The van der Waals surface area contributed by atoms with Gasteiger partial charge in [0.1, 0.15) is 0 Å². The van der Waals surface area contributed by atoms with Gasteiger partial charge in [0, 0.05) is 0 Å². The number of ether oxygens (including phenoxy) is 1. The van der Waals surface area contributed by atoms with Crippen LogP contribution in [-0.4, -0.2) is 6.61 Å². The molecule has 0 spiro atoms. The lowest BCUT2D eigenvalue weighted by molar-refractivity contribution is 0.266. The number of benzene rings is 1. The van der Waals surface area contributed by atoms with Gasteiger partial charge >= 0.3 is 0 Å². The summed E-state index contributed by atoms with van der Waals surface area (Å²) in [6, 6.07) is 1.27. The van der Waals surface area contributed by atoms with Crippen molar-refractivity contribution in [3.8, 4) is 5.75 Å². The van der Waals surface area contributed by atoms with E-state index in [1.54, 1.807) is 0 Å². The summed E-state index contributed by atoms with van der Waals surface area (Å²) in [5, 5.41) is 0. The number of hydrogen-bond acceptors (Lipinski definition) is 1. The monoisotopic (exact) mass is 221 g/mol. The lowest BCUT2D eigenvalue weighted by Crippen LogP contribution is -2.05. The molecule has 0 N–H and O–H groups in total. The fourth-order valence-corrected chi connectivity index (χ4v) is 0.947. The van der Waals surface area contributed by atoms with Crippen molar-refractivity contribution in [3.63, 3.8) is 0 Å². The van der Waals surface area contributed by atoms with Crippen molar-refractivity contribution in [1.29, 1.82) is 0 Å². The minimum Gasteiger partial charge on any atom is -0.487 e. The summed E-state index contributed by atoms with van der Waals surface area (Å²) in [7, 11) is 0. The van der Waals surface area contributed by atoms with Gasteiger partial charge < -0.3 is 4.74 Å². The van der Waals surface area contributed by atoms with E-state index in [0.29, 0.717) is 6.42 Å². The van der Waals surface area contributed by atoms with E-state index in [9.17, 15) is 17.6 Å². The van der Waals surface area contributed by atoms with Crippen molar-refractivity contribution >= 4 is 0 Å². The number of rotatable bonds is 4. The summed E-state index contributed by atoms with van der Waals surface area (Å²) in [5.41, 5.74) is 0. The Bertz CT molecular complexity index is 326. The largest absolute Gasteiger partial charge is 0.487 e. The minimum atomic E-state index is -1.58. The summed E-state index contributed by atoms with van der Waals surface area (Å²) >= 11 is 0. The fraction of sp³-hybridized carbons (Fsp3) is 0.400. The molecule has 1 aromatic rings. The maximum atomic E-state index is 12.9. The average Bonchev–Trinajstić information content (AvgIpc) is 2.20. The van der Waals surface area contributed by atoms with Gasteiger partial charge in [-0.25, -0.2) is 8.78 Å². The molecule has 0 bridgehead atoms. The van der Waals surface area contributed by atoms with Crippen LogP contribution in [-0.2, 0) is 0 Å². The molecule has 1 rings (SSSR count). The lowest BCUT2D eigenvalue weighted by Gasteiger charge is -2.08. The molecule has 1 nitrogen and oxygen atoms in total. The van der Waals surface area contributed by atoms with E-state index in [1.165, 1.54) is 6.07 Å².